The van der Waals surface area contributed by atoms with Gasteiger partial charge in [-0.3, -0.25) is 9.59 Å². The van der Waals surface area contributed by atoms with Crippen molar-refractivity contribution < 1.29 is 14.0 Å². The number of para-hydroxylation sites is 1. The van der Waals surface area contributed by atoms with E-state index in [9.17, 15) is 14.0 Å². The molecule has 11 heteroatoms. The monoisotopic (exact) mass is 473 g/mol. The van der Waals surface area contributed by atoms with Crippen molar-refractivity contribution in [3.05, 3.63) is 70.8 Å². The Kier molecular flexibility index (Phi) is 8.10. The normalized spacial score (nSPS) is 12.8. The smallest absolute Gasteiger partial charge is 0.241 e. The van der Waals surface area contributed by atoms with Gasteiger partial charge < -0.3 is 21.7 Å². The van der Waals surface area contributed by atoms with Crippen molar-refractivity contribution in [2.45, 2.75) is 32.0 Å². The standard InChI is InChI=1S/C22H25ClFN7O2/c1-13-20(29-30-31(13)15-6-4-3-5-7-15)12-27-21(32)18(25)11-19(26-2)22(33)28-14-8-9-17(24)16(23)10-14/h3-10,18-19,26H,11-12,25H2,1-2H3,(H,27,32)(H,28,33). The molecule has 0 fully saturated rings. The van der Waals surface area contributed by atoms with Crippen LogP contribution >= 0.6 is 11.6 Å². The maximum atomic E-state index is 13.3. The van der Waals surface area contributed by atoms with Crippen molar-refractivity contribution in [3.63, 3.8) is 0 Å². The van der Waals surface area contributed by atoms with Gasteiger partial charge in [0.15, 0.2) is 0 Å². The Morgan fingerprint density at radius 3 is 2.58 bits per heavy atom. The molecule has 5 N–H and O–H groups in total. The van der Waals surface area contributed by atoms with Gasteiger partial charge in [-0.25, -0.2) is 9.07 Å². The van der Waals surface area contributed by atoms with Gasteiger partial charge >= 0.3 is 0 Å². The van der Waals surface area contributed by atoms with Crippen LogP contribution in [-0.4, -0.2) is 45.9 Å². The Labute approximate surface area is 195 Å². The minimum absolute atomic E-state index is 0.0405. The molecule has 1 heterocycles. The molecule has 0 aliphatic rings. The number of carbonyl (C=O) groups is 2. The molecule has 0 spiro atoms. The molecule has 3 aromatic rings. The van der Waals surface area contributed by atoms with Gasteiger partial charge in [0, 0.05) is 5.69 Å². The van der Waals surface area contributed by atoms with Crippen molar-refractivity contribution in [1.29, 1.82) is 0 Å². The van der Waals surface area contributed by atoms with Gasteiger partial charge in [0.25, 0.3) is 0 Å². The molecule has 0 saturated carbocycles. The largest absolute Gasteiger partial charge is 0.349 e. The molecule has 0 saturated heterocycles. The molecule has 2 aromatic carbocycles. The molecule has 2 atom stereocenters. The predicted molar refractivity (Wildman–Crippen MR) is 123 cm³/mol. The molecule has 3 rings (SSSR count). The molecule has 9 nitrogen and oxygen atoms in total. The zero-order valence-corrected chi connectivity index (χ0v) is 18.9. The first-order chi connectivity index (χ1) is 15.8. The first kappa shape index (κ1) is 24.3. The van der Waals surface area contributed by atoms with Crippen LogP contribution in [0.1, 0.15) is 17.8 Å². The second kappa shape index (κ2) is 11.0. The summed E-state index contributed by atoms with van der Waals surface area (Å²) in [4.78, 5) is 25.0. The fraction of sp³-hybridized carbons (Fsp3) is 0.273. The van der Waals surface area contributed by atoms with E-state index in [4.69, 9.17) is 17.3 Å². The molecule has 0 aliphatic carbocycles. The number of rotatable bonds is 9. The van der Waals surface area contributed by atoms with Crippen LogP contribution in [0.3, 0.4) is 0 Å². The number of halogens is 2. The Balaban J connectivity index is 1.55. The third kappa shape index (κ3) is 6.13. The summed E-state index contributed by atoms with van der Waals surface area (Å²) in [5.74, 6) is -1.44. The summed E-state index contributed by atoms with van der Waals surface area (Å²) in [6, 6.07) is 11.7. The maximum Gasteiger partial charge on any atom is 0.241 e. The highest BCUT2D eigenvalue weighted by molar-refractivity contribution is 6.31. The third-order valence-corrected chi connectivity index (χ3v) is 5.39. The lowest BCUT2D eigenvalue weighted by molar-refractivity contribution is -0.123. The molecular weight excluding hydrogens is 449 g/mol. The number of likely N-dealkylation sites (N-methyl/N-ethyl adjacent to an activating group) is 1. The first-order valence-corrected chi connectivity index (χ1v) is 10.6. The summed E-state index contributed by atoms with van der Waals surface area (Å²) >= 11 is 5.74. The van der Waals surface area contributed by atoms with Gasteiger partial charge in [-0.2, -0.15) is 0 Å². The number of benzene rings is 2. The van der Waals surface area contributed by atoms with Crippen molar-refractivity contribution in [2.24, 2.45) is 5.73 Å². The van der Waals surface area contributed by atoms with Crippen molar-refractivity contribution in [1.82, 2.24) is 25.6 Å². The number of carbonyl (C=O) groups excluding carboxylic acids is 2. The maximum absolute atomic E-state index is 13.3. The number of anilines is 1. The zero-order chi connectivity index (χ0) is 24.0. The van der Waals surface area contributed by atoms with Gasteiger partial charge in [0.05, 0.1) is 35.0 Å². The summed E-state index contributed by atoms with van der Waals surface area (Å²) in [6.07, 6.45) is 0.0405. The van der Waals surface area contributed by atoms with Gasteiger partial charge in [0.2, 0.25) is 11.8 Å². The van der Waals surface area contributed by atoms with Gasteiger partial charge in [-0.05, 0) is 50.7 Å². The fourth-order valence-corrected chi connectivity index (χ4v) is 3.34. The minimum atomic E-state index is -0.950. The van der Waals surface area contributed by atoms with Crippen molar-refractivity contribution in [3.8, 4) is 5.69 Å². The molecule has 0 aliphatic heterocycles. The van der Waals surface area contributed by atoms with E-state index in [0.29, 0.717) is 11.4 Å². The topological polar surface area (TPSA) is 127 Å². The van der Waals surface area contributed by atoms with Crippen LogP contribution in [0.4, 0.5) is 10.1 Å². The molecule has 1 aromatic heterocycles. The number of hydrogen-bond acceptors (Lipinski definition) is 6. The fourth-order valence-electron chi connectivity index (χ4n) is 3.16. The molecule has 2 amide bonds. The van der Waals surface area contributed by atoms with Gasteiger partial charge in [-0.1, -0.05) is 35.0 Å². The zero-order valence-electron chi connectivity index (χ0n) is 18.2. The number of hydrogen-bond donors (Lipinski definition) is 4. The lowest BCUT2D eigenvalue weighted by Gasteiger charge is -2.20. The summed E-state index contributed by atoms with van der Waals surface area (Å²) in [5.41, 5.74) is 8.62. The minimum Gasteiger partial charge on any atom is -0.349 e. The average Bonchev–Trinajstić information content (AvgIpc) is 3.18. The molecular formula is C22H25ClFN7O2. The molecule has 2 unspecified atom stereocenters. The van der Waals surface area contributed by atoms with Crippen LogP contribution in [0.15, 0.2) is 48.5 Å². The molecule has 174 valence electrons. The highest BCUT2D eigenvalue weighted by Crippen LogP contribution is 2.19. The lowest BCUT2D eigenvalue weighted by atomic mass is 10.1. The number of nitrogens with zero attached hydrogens (tertiary/aromatic N) is 3. The SMILES string of the molecule is CNC(CC(N)C(=O)NCc1nnn(-c2ccccc2)c1C)C(=O)Nc1ccc(F)c(Cl)c1. The lowest BCUT2D eigenvalue weighted by Crippen LogP contribution is -2.48. The quantitative estimate of drug-likeness (QED) is 0.376. The van der Waals surface area contributed by atoms with Crippen molar-refractivity contribution in [2.75, 3.05) is 12.4 Å². The van der Waals surface area contributed by atoms with Crippen LogP contribution in [0.2, 0.25) is 5.02 Å². The van der Waals surface area contributed by atoms with Crippen LogP contribution in [0, 0.1) is 12.7 Å². The van der Waals surface area contributed by atoms with E-state index < -0.39 is 29.7 Å². The Morgan fingerprint density at radius 2 is 1.91 bits per heavy atom. The highest BCUT2D eigenvalue weighted by atomic mass is 35.5. The predicted octanol–water partition coefficient (Wildman–Crippen LogP) is 1.93. The van der Waals surface area contributed by atoms with E-state index in [1.54, 1.807) is 11.7 Å². The number of amides is 2. The van der Waals surface area contributed by atoms with Crippen molar-refractivity contribution >= 4 is 29.1 Å². The molecule has 0 radical (unpaired) electrons. The number of nitrogens with two attached hydrogens (primary N) is 1. The van der Waals surface area contributed by atoms with E-state index in [2.05, 4.69) is 26.3 Å². The Hall–Kier alpha value is -3.34. The van der Waals surface area contributed by atoms with E-state index in [-0.39, 0.29) is 18.0 Å². The van der Waals surface area contributed by atoms with Crippen LogP contribution in [0.5, 0.6) is 0 Å². The van der Waals surface area contributed by atoms with E-state index >= 15 is 0 Å². The second-order valence-corrected chi connectivity index (χ2v) is 7.80. The summed E-state index contributed by atoms with van der Waals surface area (Å²) in [7, 11) is 1.58. The number of aromatic nitrogens is 3. The average molecular weight is 474 g/mol. The molecule has 33 heavy (non-hydrogen) atoms. The second-order valence-electron chi connectivity index (χ2n) is 7.39. The Bertz CT molecular complexity index is 1120. The summed E-state index contributed by atoms with van der Waals surface area (Å²) < 4.78 is 15.0. The van der Waals surface area contributed by atoms with Crippen LogP contribution < -0.4 is 21.7 Å². The Morgan fingerprint density at radius 1 is 1.18 bits per heavy atom. The highest BCUT2D eigenvalue weighted by Gasteiger charge is 2.24. The van der Waals surface area contributed by atoms with E-state index in [1.165, 1.54) is 12.1 Å². The summed E-state index contributed by atoms with van der Waals surface area (Å²) in [5, 5.41) is 16.4. The number of nitrogens with one attached hydrogen (secondary N) is 3. The summed E-state index contributed by atoms with van der Waals surface area (Å²) in [6.45, 7) is 2.01. The molecule has 0 bridgehead atoms. The first-order valence-electron chi connectivity index (χ1n) is 10.2. The van der Waals surface area contributed by atoms with Crippen LogP contribution in [0.25, 0.3) is 5.69 Å². The van der Waals surface area contributed by atoms with Gasteiger partial charge in [-0.15, -0.1) is 5.10 Å². The van der Waals surface area contributed by atoms with E-state index in [1.807, 2.05) is 37.3 Å². The van der Waals surface area contributed by atoms with E-state index in [0.717, 1.165) is 17.4 Å². The third-order valence-electron chi connectivity index (χ3n) is 5.10. The van der Waals surface area contributed by atoms with Crippen LogP contribution in [-0.2, 0) is 16.1 Å². The van der Waals surface area contributed by atoms with Gasteiger partial charge in [0.1, 0.15) is 11.5 Å².